The van der Waals surface area contributed by atoms with E-state index < -0.39 is 12.1 Å². The summed E-state index contributed by atoms with van der Waals surface area (Å²) in [7, 11) is 1.34. The highest BCUT2D eigenvalue weighted by Crippen LogP contribution is 2.29. The first-order valence-corrected chi connectivity index (χ1v) is 5.96. The molecular formula is C15H15NO3. The Labute approximate surface area is 112 Å². The Morgan fingerprint density at radius 1 is 1.16 bits per heavy atom. The summed E-state index contributed by atoms with van der Waals surface area (Å²) in [5.74, 6) is 0.246. The zero-order chi connectivity index (χ0) is 13.7. The van der Waals surface area contributed by atoms with Crippen molar-refractivity contribution in [1.82, 2.24) is 4.98 Å². The monoisotopic (exact) mass is 257 g/mol. The molecule has 0 saturated carbocycles. The van der Waals surface area contributed by atoms with Crippen LogP contribution >= 0.6 is 0 Å². The Morgan fingerprint density at radius 2 is 1.84 bits per heavy atom. The molecule has 0 amide bonds. The minimum Gasteiger partial charge on any atom is -0.478 e. The summed E-state index contributed by atoms with van der Waals surface area (Å²) < 4.78 is 10.3. The van der Waals surface area contributed by atoms with Gasteiger partial charge in [0.2, 0.25) is 0 Å². The van der Waals surface area contributed by atoms with Crippen molar-refractivity contribution in [1.29, 1.82) is 0 Å². The van der Waals surface area contributed by atoms with Gasteiger partial charge in [-0.05, 0) is 30.7 Å². The molecule has 1 aromatic heterocycles. The minimum atomic E-state index is -0.645. The first kappa shape index (κ1) is 13.1. The van der Waals surface area contributed by atoms with Crippen LogP contribution in [0.1, 0.15) is 6.92 Å². The van der Waals surface area contributed by atoms with Gasteiger partial charge in [-0.15, -0.1) is 0 Å². The summed E-state index contributed by atoms with van der Waals surface area (Å²) in [6, 6.07) is 11.3. The van der Waals surface area contributed by atoms with Crippen molar-refractivity contribution in [2.75, 3.05) is 7.11 Å². The lowest BCUT2D eigenvalue weighted by molar-refractivity contribution is -0.147. The lowest BCUT2D eigenvalue weighted by Gasteiger charge is -2.15. The van der Waals surface area contributed by atoms with Gasteiger partial charge in [0.1, 0.15) is 5.75 Å². The van der Waals surface area contributed by atoms with Gasteiger partial charge in [0, 0.05) is 18.0 Å². The van der Waals surface area contributed by atoms with Gasteiger partial charge in [0.15, 0.2) is 6.10 Å². The third-order valence-corrected chi connectivity index (χ3v) is 2.72. The molecule has 1 heterocycles. The number of carbonyl (C=O) groups is 1. The van der Waals surface area contributed by atoms with Crippen LogP contribution in [-0.2, 0) is 9.53 Å². The van der Waals surface area contributed by atoms with Crippen LogP contribution in [0.3, 0.4) is 0 Å². The number of rotatable bonds is 4. The Kier molecular flexibility index (Phi) is 4.13. The van der Waals surface area contributed by atoms with E-state index in [0.717, 1.165) is 11.1 Å². The number of methoxy groups -OCH3 is 1. The van der Waals surface area contributed by atoms with Gasteiger partial charge in [-0.1, -0.05) is 18.2 Å². The van der Waals surface area contributed by atoms with E-state index in [2.05, 4.69) is 9.72 Å². The molecule has 0 aliphatic carbocycles. The normalized spacial score (nSPS) is 11.7. The molecule has 0 fully saturated rings. The van der Waals surface area contributed by atoms with Gasteiger partial charge >= 0.3 is 5.97 Å². The largest absolute Gasteiger partial charge is 0.478 e. The van der Waals surface area contributed by atoms with Crippen molar-refractivity contribution < 1.29 is 14.3 Å². The van der Waals surface area contributed by atoms with E-state index in [1.54, 1.807) is 19.3 Å². The maximum atomic E-state index is 11.4. The van der Waals surface area contributed by atoms with Crippen LogP contribution in [0.4, 0.5) is 0 Å². The Balaban J connectivity index is 2.30. The van der Waals surface area contributed by atoms with E-state index in [0.29, 0.717) is 5.75 Å². The molecule has 4 nitrogen and oxygen atoms in total. The molecular weight excluding hydrogens is 242 g/mol. The highest BCUT2D eigenvalue weighted by molar-refractivity contribution is 5.76. The molecule has 2 aromatic rings. The molecule has 0 radical (unpaired) electrons. The molecule has 0 spiro atoms. The lowest BCUT2D eigenvalue weighted by atomic mass is 10.1. The first-order chi connectivity index (χ1) is 9.22. The van der Waals surface area contributed by atoms with Gasteiger partial charge in [-0.2, -0.15) is 0 Å². The number of carbonyl (C=O) groups excluding carboxylic acids is 1. The highest BCUT2D eigenvalue weighted by atomic mass is 16.6. The number of benzene rings is 1. The average Bonchev–Trinajstić information content (AvgIpc) is 2.47. The van der Waals surface area contributed by atoms with Crippen molar-refractivity contribution >= 4 is 5.97 Å². The smallest absolute Gasteiger partial charge is 0.346 e. The predicted octanol–water partition coefficient (Wildman–Crippen LogP) is 2.69. The van der Waals surface area contributed by atoms with Crippen LogP contribution in [0.5, 0.6) is 5.75 Å². The van der Waals surface area contributed by atoms with Gasteiger partial charge in [0.05, 0.1) is 7.11 Å². The highest BCUT2D eigenvalue weighted by Gasteiger charge is 2.16. The summed E-state index contributed by atoms with van der Waals surface area (Å²) in [5, 5.41) is 0. The van der Waals surface area contributed by atoms with Crippen LogP contribution in [0.2, 0.25) is 0 Å². The lowest BCUT2D eigenvalue weighted by Crippen LogP contribution is -2.25. The molecule has 2 rings (SSSR count). The fourth-order valence-corrected chi connectivity index (χ4v) is 1.74. The van der Waals surface area contributed by atoms with Crippen LogP contribution in [0.25, 0.3) is 11.1 Å². The van der Waals surface area contributed by atoms with Gasteiger partial charge in [-0.25, -0.2) is 4.79 Å². The first-order valence-electron chi connectivity index (χ1n) is 5.96. The van der Waals surface area contributed by atoms with Crippen LogP contribution in [0, 0.1) is 0 Å². The van der Waals surface area contributed by atoms with Crippen LogP contribution in [0.15, 0.2) is 48.8 Å². The average molecular weight is 257 g/mol. The van der Waals surface area contributed by atoms with Crippen molar-refractivity contribution in [3.63, 3.8) is 0 Å². The standard InChI is InChI=1S/C15H15NO3/c1-11(15(17)18-2)19-14-6-4-3-5-13(14)12-7-9-16-10-8-12/h3-11H,1-2H3. The number of ether oxygens (including phenoxy) is 2. The molecule has 98 valence electrons. The molecule has 0 aliphatic rings. The van der Waals surface area contributed by atoms with E-state index in [4.69, 9.17) is 4.74 Å². The van der Waals surface area contributed by atoms with E-state index in [1.165, 1.54) is 7.11 Å². The van der Waals surface area contributed by atoms with E-state index in [9.17, 15) is 4.79 Å². The topological polar surface area (TPSA) is 48.4 Å². The SMILES string of the molecule is COC(=O)C(C)Oc1ccccc1-c1ccncc1. The molecule has 1 aromatic carbocycles. The summed E-state index contributed by atoms with van der Waals surface area (Å²) >= 11 is 0. The summed E-state index contributed by atoms with van der Waals surface area (Å²) in [6.07, 6.45) is 2.79. The molecule has 4 heteroatoms. The quantitative estimate of drug-likeness (QED) is 0.790. The molecule has 1 atom stereocenters. The zero-order valence-corrected chi connectivity index (χ0v) is 10.9. The fraction of sp³-hybridized carbons (Fsp3) is 0.200. The molecule has 0 aliphatic heterocycles. The maximum Gasteiger partial charge on any atom is 0.346 e. The van der Waals surface area contributed by atoms with E-state index >= 15 is 0 Å². The molecule has 0 saturated heterocycles. The Morgan fingerprint density at radius 3 is 2.53 bits per heavy atom. The van der Waals surface area contributed by atoms with Crippen molar-refractivity contribution in [3.05, 3.63) is 48.8 Å². The second-order valence-electron chi connectivity index (χ2n) is 4.02. The summed E-state index contributed by atoms with van der Waals surface area (Å²) in [4.78, 5) is 15.4. The summed E-state index contributed by atoms with van der Waals surface area (Å²) in [6.45, 7) is 1.66. The van der Waals surface area contributed by atoms with Crippen LogP contribution < -0.4 is 4.74 Å². The zero-order valence-electron chi connectivity index (χ0n) is 10.9. The number of para-hydroxylation sites is 1. The van der Waals surface area contributed by atoms with Crippen molar-refractivity contribution in [2.24, 2.45) is 0 Å². The number of hydrogen-bond donors (Lipinski definition) is 0. The maximum absolute atomic E-state index is 11.4. The van der Waals surface area contributed by atoms with E-state index in [-0.39, 0.29) is 0 Å². The second kappa shape index (κ2) is 6.00. The van der Waals surface area contributed by atoms with Crippen molar-refractivity contribution in [2.45, 2.75) is 13.0 Å². The molecule has 19 heavy (non-hydrogen) atoms. The molecule has 0 N–H and O–H groups in total. The Bertz CT molecular complexity index is 554. The van der Waals surface area contributed by atoms with Gasteiger partial charge < -0.3 is 9.47 Å². The van der Waals surface area contributed by atoms with Crippen molar-refractivity contribution in [3.8, 4) is 16.9 Å². The predicted molar refractivity (Wildman–Crippen MR) is 71.8 cm³/mol. The molecule has 0 bridgehead atoms. The molecule has 1 unspecified atom stereocenters. The number of esters is 1. The second-order valence-corrected chi connectivity index (χ2v) is 4.02. The minimum absolute atomic E-state index is 0.399. The number of nitrogens with zero attached hydrogens (tertiary/aromatic N) is 1. The third kappa shape index (κ3) is 3.10. The van der Waals surface area contributed by atoms with Gasteiger partial charge in [0.25, 0.3) is 0 Å². The Hall–Kier alpha value is -2.36. The summed E-state index contributed by atoms with van der Waals surface area (Å²) in [5.41, 5.74) is 1.91. The third-order valence-electron chi connectivity index (χ3n) is 2.72. The number of pyridine rings is 1. The number of hydrogen-bond acceptors (Lipinski definition) is 4. The fourth-order valence-electron chi connectivity index (χ4n) is 1.74. The van der Waals surface area contributed by atoms with Gasteiger partial charge in [-0.3, -0.25) is 4.98 Å². The van der Waals surface area contributed by atoms with Crippen LogP contribution in [-0.4, -0.2) is 24.2 Å². The number of aromatic nitrogens is 1. The van der Waals surface area contributed by atoms with E-state index in [1.807, 2.05) is 36.4 Å².